The summed E-state index contributed by atoms with van der Waals surface area (Å²) in [5.74, 6) is 3.29. The number of hydrogen-bond acceptors (Lipinski definition) is 7. The molecule has 0 heterocycles. The SMILES string of the molecule is COc1ccc(CN(Cc2ccc(OC)c(OC)c2)C(=O)c2ccc(OC)c(OC)c2)cc1OC. The number of benzene rings is 3. The molecule has 3 aromatic rings. The molecule has 3 aromatic carbocycles. The van der Waals surface area contributed by atoms with E-state index in [1.807, 2.05) is 36.4 Å². The minimum absolute atomic E-state index is 0.171. The summed E-state index contributed by atoms with van der Waals surface area (Å²) >= 11 is 0. The molecule has 0 aliphatic heterocycles. The number of nitrogens with zero attached hydrogens (tertiary/aromatic N) is 1. The highest BCUT2D eigenvalue weighted by Gasteiger charge is 2.20. The van der Waals surface area contributed by atoms with Crippen LogP contribution in [0.25, 0.3) is 0 Å². The molecule has 35 heavy (non-hydrogen) atoms. The van der Waals surface area contributed by atoms with Crippen molar-refractivity contribution in [2.45, 2.75) is 13.1 Å². The van der Waals surface area contributed by atoms with Gasteiger partial charge in [-0.2, -0.15) is 0 Å². The molecule has 0 unspecified atom stereocenters. The fourth-order valence-corrected chi connectivity index (χ4v) is 3.75. The summed E-state index contributed by atoms with van der Waals surface area (Å²) in [5, 5.41) is 0. The maximum absolute atomic E-state index is 13.7. The molecular weight excluding hydrogens is 450 g/mol. The van der Waals surface area contributed by atoms with Gasteiger partial charge in [-0.1, -0.05) is 12.1 Å². The monoisotopic (exact) mass is 481 g/mol. The van der Waals surface area contributed by atoms with Gasteiger partial charge in [0.2, 0.25) is 0 Å². The van der Waals surface area contributed by atoms with E-state index in [0.717, 1.165) is 11.1 Å². The zero-order chi connectivity index (χ0) is 25.4. The van der Waals surface area contributed by atoms with Crippen LogP contribution < -0.4 is 28.4 Å². The van der Waals surface area contributed by atoms with E-state index in [4.69, 9.17) is 28.4 Å². The summed E-state index contributed by atoms with van der Waals surface area (Å²) in [6.45, 7) is 0.670. The van der Waals surface area contributed by atoms with Gasteiger partial charge in [0, 0.05) is 18.7 Å². The molecule has 3 rings (SSSR count). The number of carbonyl (C=O) groups excluding carboxylic acids is 1. The Morgan fingerprint density at radius 1 is 0.543 bits per heavy atom. The number of ether oxygens (including phenoxy) is 6. The van der Waals surface area contributed by atoms with Gasteiger partial charge in [0.25, 0.3) is 5.91 Å². The van der Waals surface area contributed by atoms with Crippen LogP contribution in [0.3, 0.4) is 0 Å². The number of rotatable bonds is 11. The minimum Gasteiger partial charge on any atom is -0.493 e. The molecule has 186 valence electrons. The average Bonchev–Trinajstić information content (AvgIpc) is 2.91. The van der Waals surface area contributed by atoms with Gasteiger partial charge in [0.15, 0.2) is 34.5 Å². The van der Waals surface area contributed by atoms with Crippen molar-refractivity contribution in [3.8, 4) is 34.5 Å². The lowest BCUT2D eigenvalue weighted by Crippen LogP contribution is -2.30. The van der Waals surface area contributed by atoms with Crippen molar-refractivity contribution in [2.75, 3.05) is 42.7 Å². The molecule has 8 nitrogen and oxygen atoms in total. The lowest BCUT2D eigenvalue weighted by molar-refractivity contribution is 0.0729. The largest absolute Gasteiger partial charge is 0.493 e. The second-order valence-electron chi connectivity index (χ2n) is 7.61. The lowest BCUT2D eigenvalue weighted by Gasteiger charge is -2.24. The van der Waals surface area contributed by atoms with E-state index >= 15 is 0 Å². The Bertz CT molecular complexity index is 1100. The van der Waals surface area contributed by atoms with Crippen molar-refractivity contribution < 1.29 is 33.2 Å². The van der Waals surface area contributed by atoms with E-state index in [2.05, 4.69) is 0 Å². The molecule has 0 fully saturated rings. The van der Waals surface area contributed by atoms with Crippen molar-refractivity contribution in [1.82, 2.24) is 4.90 Å². The van der Waals surface area contributed by atoms with E-state index in [1.54, 1.807) is 58.6 Å². The van der Waals surface area contributed by atoms with Gasteiger partial charge in [-0.05, 0) is 53.6 Å². The van der Waals surface area contributed by atoms with E-state index in [0.29, 0.717) is 53.2 Å². The summed E-state index contributed by atoms with van der Waals surface area (Å²) in [5.41, 5.74) is 2.25. The zero-order valence-electron chi connectivity index (χ0n) is 20.9. The third kappa shape index (κ3) is 5.90. The van der Waals surface area contributed by atoms with E-state index in [1.165, 1.54) is 7.11 Å². The predicted octanol–water partition coefficient (Wildman–Crippen LogP) is 4.58. The van der Waals surface area contributed by atoms with Crippen LogP contribution in [0.5, 0.6) is 34.5 Å². The first kappa shape index (κ1) is 25.6. The fourth-order valence-electron chi connectivity index (χ4n) is 3.75. The Kier molecular flexibility index (Phi) is 8.67. The quantitative estimate of drug-likeness (QED) is 0.397. The molecule has 0 N–H and O–H groups in total. The van der Waals surface area contributed by atoms with Crippen LogP contribution in [-0.2, 0) is 13.1 Å². The Morgan fingerprint density at radius 2 is 0.914 bits per heavy atom. The Hall–Kier alpha value is -4.07. The highest BCUT2D eigenvalue weighted by atomic mass is 16.5. The first-order chi connectivity index (χ1) is 17.0. The van der Waals surface area contributed by atoms with Gasteiger partial charge < -0.3 is 33.3 Å². The van der Waals surface area contributed by atoms with Gasteiger partial charge in [0.05, 0.1) is 42.7 Å². The van der Waals surface area contributed by atoms with Crippen LogP contribution in [0.2, 0.25) is 0 Å². The number of hydrogen-bond donors (Lipinski definition) is 0. The zero-order valence-corrected chi connectivity index (χ0v) is 20.9. The average molecular weight is 482 g/mol. The smallest absolute Gasteiger partial charge is 0.254 e. The second-order valence-corrected chi connectivity index (χ2v) is 7.61. The highest BCUT2D eigenvalue weighted by Crippen LogP contribution is 2.32. The molecule has 1 amide bonds. The molecule has 0 aliphatic rings. The van der Waals surface area contributed by atoms with E-state index in [9.17, 15) is 4.79 Å². The summed E-state index contributed by atoms with van der Waals surface area (Å²) in [6.07, 6.45) is 0. The first-order valence-corrected chi connectivity index (χ1v) is 10.9. The molecule has 0 bridgehead atoms. The number of carbonyl (C=O) groups is 1. The van der Waals surface area contributed by atoms with Crippen LogP contribution in [0.4, 0.5) is 0 Å². The fraction of sp³-hybridized carbons (Fsp3) is 0.296. The van der Waals surface area contributed by atoms with Crippen molar-refractivity contribution in [1.29, 1.82) is 0 Å². The summed E-state index contributed by atoms with van der Waals surface area (Å²) in [7, 11) is 9.43. The summed E-state index contributed by atoms with van der Waals surface area (Å²) in [4.78, 5) is 15.4. The predicted molar refractivity (Wildman–Crippen MR) is 132 cm³/mol. The molecule has 0 aliphatic carbocycles. The van der Waals surface area contributed by atoms with Crippen molar-refractivity contribution >= 4 is 5.91 Å². The maximum atomic E-state index is 13.7. The van der Waals surface area contributed by atoms with Gasteiger partial charge in [-0.3, -0.25) is 4.79 Å². The maximum Gasteiger partial charge on any atom is 0.254 e. The van der Waals surface area contributed by atoms with Crippen LogP contribution in [0.1, 0.15) is 21.5 Å². The molecule has 0 saturated heterocycles. The summed E-state index contributed by atoms with van der Waals surface area (Å²) < 4.78 is 32.3. The second kappa shape index (κ2) is 11.9. The van der Waals surface area contributed by atoms with Gasteiger partial charge in [-0.25, -0.2) is 0 Å². The topological polar surface area (TPSA) is 75.7 Å². The third-order valence-corrected chi connectivity index (χ3v) is 5.56. The molecule has 8 heteroatoms. The Labute approximate surface area is 205 Å². The van der Waals surface area contributed by atoms with Crippen LogP contribution in [0, 0.1) is 0 Å². The van der Waals surface area contributed by atoms with Gasteiger partial charge in [-0.15, -0.1) is 0 Å². The first-order valence-electron chi connectivity index (χ1n) is 10.9. The van der Waals surface area contributed by atoms with E-state index < -0.39 is 0 Å². The molecule has 0 spiro atoms. The van der Waals surface area contributed by atoms with E-state index in [-0.39, 0.29) is 5.91 Å². The standard InChI is InChI=1S/C27H31NO7/c1-30-21-10-7-18(13-24(21)33-4)16-28(17-19-8-11-22(31-2)25(14-19)34-5)27(29)20-9-12-23(32-3)26(15-20)35-6/h7-15H,16-17H2,1-6H3. The van der Waals surface area contributed by atoms with Crippen LogP contribution in [0.15, 0.2) is 54.6 Å². The molecule has 0 aromatic heterocycles. The van der Waals surface area contributed by atoms with Crippen LogP contribution >= 0.6 is 0 Å². The molecular formula is C27H31NO7. The third-order valence-electron chi connectivity index (χ3n) is 5.56. The summed E-state index contributed by atoms with van der Waals surface area (Å²) in [6, 6.07) is 16.3. The van der Waals surface area contributed by atoms with Crippen LogP contribution in [-0.4, -0.2) is 53.5 Å². The lowest BCUT2D eigenvalue weighted by atomic mass is 10.1. The highest BCUT2D eigenvalue weighted by molar-refractivity contribution is 5.95. The van der Waals surface area contributed by atoms with Crippen molar-refractivity contribution in [3.05, 3.63) is 71.3 Å². The molecule has 0 saturated carbocycles. The van der Waals surface area contributed by atoms with Crippen molar-refractivity contribution in [3.63, 3.8) is 0 Å². The normalized spacial score (nSPS) is 10.3. The van der Waals surface area contributed by atoms with Gasteiger partial charge >= 0.3 is 0 Å². The number of amides is 1. The molecule has 0 atom stereocenters. The Morgan fingerprint density at radius 3 is 1.31 bits per heavy atom. The molecule has 0 radical (unpaired) electrons. The van der Waals surface area contributed by atoms with Gasteiger partial charge in [0.1, 0.15) is 0 Å². The Balaban J connectivity index is 1.99. The minimum atomic E-state index is -0.171. The number of methoxy groups -OCH3 is 6. The van der Waals surface area contributed by atoms with Crippen molar-refractivity contribution in [2.24, 2.45) is 0 Å².